The average Bonchev–Trinajstić information content (AvgIpc) is 2.38. The van der Waals surface area contributed by atoms with E-state index in [0.29, 0.717) is 6.07 Å². The molecule has 0 heterocycles. The highest BCUT2D eigenvalue weighted by Crippen LogP contribution is 2.31. The monoisotopic (exact) mass is 307 g/mol. The standard InChI is InChI=1S/C15H11F2NO2S/c1-10-3-5-14(6-4-10)21(19,20)15(18-2)11-7-12(16)9-13(17)8-11/h3-9,15H,1H3. The molecule has 0 bridgehead atoms. The van der Waals surface area contributed by atoms with Crippen molar-refractivity contribution in [1.82, 2.24) is 0 Å². The van der Waals surface area contributed by atoms with Crippen LogP contribution in [0.1, 0.15) is 16.5 Å². The Balaban J connectivity index is 2.55. The second kappa shape index (κ2) is 5.62. The van der Waals surface area contributed by atoms with E-state index in [9.17, 15) is 17.2 Å². The number of benzene rings is 2. The lowest BCUT2D eigenvalue weighted by atomic mass is 10.2. The van der Waals surface area contributed by atoms with Gasteiger partial charge < -0.3 is 0 Å². The van der Waals surface area contributed by atoms with Gasteiger partial charge in [0.15, 0.2) is 0 Å². The summed E-state index contributed by atoms with van der Waals surface area (Å²) in [6.07, 6.45) is 0. The van der Waals surface area contributed by atoms with E-state index >= 15 is 0 Å². The van der Waals surface area contributed by atoms with Crippen LogP contribution in [0.4, 0.5) is 8.78 Å². The maximum atomic E-state index is 13.2. The topological polar surface area (TPSA) is 38.5 Å². The molecule has 2 aromatic rings. The van der Waals surface area contributed by atoms with Crippen molar-refractivity contribution in [3.8, 4) is 0 Å². The number of hydrogen-bond acceptors (Lipinski definition) is 2. The summed E-state index contributed by atoms with van der Waals surface area (Å²) in [4.78, 5) is 2.98. The quantitative estimate of drug-likeness (QED) is 0.812. The van der Waals surface area contributed by atoms with Crippen LogP contribution in [0.3, 0.4) is 0 Å². The lowest BCUT2D eigenvalue weighted by Gasteiger charge is -2.08. The van der Waals surface area contributed by atoms with Crippen LogP contribution in [-0.4, -0.2) is 8.42 Å². The number of nitrogens with zero attached hydrogens (tertiary/aromatic N) is 1. The van der Waals surface area contributed by atoms with Crippen LogP contribution in [0.15, 0.2) is 47.4 Å². The first-order chi connectivity index (χ1) is 9.84. The molecule has 108 valence electrons. The molecule has 0 saturated carbocycles. The van der Waals surface area contributed by atoms with Gasteiger partial charge >= 0.3 is 5.37 Å². The maximum absolute atomic E-state index is 13.2. The van der Waals surface area contributed by atoms with E-state index in [1.54, 1.807) is 19.1 Å². The zero-order chi connectivity index (χ0) is 15.6. The molecule has 0 N–H and O–H groups in total. The highest BCUT2D eigenvalue weighted by molar-refractivity contribution is 7.91. The molecule has 0 saturated heterocycles. The van der Waals surface area contributed by atoms with Gasteiger partial charge in [-0.2, -0.15) is 0 Å². The fourth-order valence-corrected chi connectivity index (χ4v) is 3.30. The molecule has 0 aliphatic carbocycles. The minimum Gasteiger partial charge on any atom is -0.291 e. The van der Waals surface area contributed by atoms with Gasteiger partial charge in [0.05, 0.1) is 10.5 Å². The third kappa shape index (κ3) is 3.09. The first-order valence-electron chi connectivity index (χ1n) is 5.98. The summed E-state index contributed by atoms with van der Waals surface area (Å²) in [7, 11) is -4.04. The lowest BCUT2D eigenvalue weighted by Crippen LogP contribution is -2.11. The molecular formula is C15H11F2NO2S. The zero-order valence-electron chi connectivity index (χ0n) is 11.0. The molecule has 2 aromatic carbocycles. The van der Waals surface area contributed by atoms with Crippen LogP contribution in [-0.2, 0) is 9.84 Å². The van der Waals surface area contributed by atoms with E-state index in [1.165, 1.54) is 12.1 Å². The van der Waals surface area contributed by atoms with Crippen molar-refractivity contribution in [2.24, 2.45) is 0 Å². The highest BCUT2D eigenvalue weighted by atomic mass is 32.2. The molecule has 2 rings (SSSR count). The zero-order valence-corrected chi connectivity index (χ0v) is 11.9. The number of aryl methyl sites for hydroxylation is 1. The summed E-state index contributed by atoms with van der Waals surface area (Å²) in [5.41, 5.74) is 0.646. The molecule has 0 aliphatic heterocycles. The summed E-state index contributed by atoms with van der Waals surface area (Å²) < 4.78 is 51.3. The highest BCUT2D eigenvalue weighted by Gasteiger charge is 2.35. The van der Waals surface area contributed by atoms with Crippen molar-refractivity contribution in [3.63, 3.8) is 0 Å². The van der Waals surface area contributed by atoms with Gasteiger partial charge in [-0.1, -0.05) is 17.7 Å². The van der Waals surface area contributed by atoms with E-state index < -0.39 is 26.8 Å². The predicted octanol–water partition coefficient (Wildman–Crippen LogP) is 3.67. The van der Waals surface area contributed by atoms with E-state index in [-0.39, 0.29) is 10.5 Å². The molecule has 3 nitrogen and oxygen atoms in total. The van der Waals surface area contributed by atoms with Crippen LogP contribution in [0.2, 0.25) is 0 Å². The van der Waals surface area contributed by atoms with E-state index in [2.05, 4.69) is 4.85 Å². The molecular weight excluding hydrogens is 296 g/mol. The average molecular weight is 307 g/mol. The van der Waals surface area contributed by atoms with Crippen molar-refractivity contribution in [2.75, 3.05) is 0 Å². The summed E-state index contributed by atoms with van der Waals surface area (Å²) in [6, 6.07) is 8.29. The number of sulfone groups is 1. The van der Waals surface area contributed by atoms with Crippen molar-refractivity contribution in [2.45, 2.75) is 17.2 Å². The molecule has 0 spiro atoms. The molecule has 0 aliphatic rings. The summed E-state index contributed by atoms with van der Waals surface area (Å²) in [6.45, 7) is 8.88. The first kappa shape index (κ1) is 15.1. The van der Waals surface area contributed by atoms with Gasteiger partial charge in [0, 0.05) is 6.07 Å². The summed E-state index contributed by atoms with van der Waals surface area (Å²) in [5, 5.41) is -1.68. The van der Waals surface area contributed by atoms with Crippen molar-refractivity contribution < 1.29 is 17.2 Å². The van der Waals surface area contributed by atoms with Gasteiger partial charge in [-0.3, -0.25) is 4.85 Å². The normalized spacial score (nSPS) is 12.7. The van der Waals surface area contributed by atoms with Gasteiger partial charge in [-0.15, -0.1) is 0 Å². The molecule has 6 heteroatoms. The second-order valence-corrected chi connectivity index (χ2v) is 6.55. The Hall–Kier alpha value is -2.26. The van der Waals surface area contributed by atoms with Crippen LogP contribution in [0.5, 0.6) is 0 Å². The fourth-order valence-electron chi connectivity index (χ4n) is 1.90. The molecule has 0 radical (unpaired) electrons. The van der Waals surface area contributed by atoms with Gasteiger partial charge in [-0.05, 0) is 31.2 Å². The minimum atomic E-state index is -4.04. The van der Waals surface area contributed by atoms with Crippen molar-refractivity contribution in [1.29, 1.82) is 0 Å². The fraction of sp³-hybridized carbons (Fsp3) is 0.133. The van der Waals surface area contributed by atoms with Crippen LogP contribution in [0.25, 0.3) is 4.85 Å². The number of halogens is 2. The SMILES string of the molecule is [C-]#[N+]C(c1cc(F)cc(F)c1)S(=O)(=O)c1ccc(C)cc1. The Morgan fingerprint density at radius 2 is 1.57 bits per heavy atom. The Morgan fingerprint density at radius 1 is 1.05 bits per heavy atom. The van der Waals surface area contributed by atoms with E-state index in [0.717, 1.165) is 17.7 Å². The largest absolute Gasteiger partial charge is 0.350 e. The molecule has 0 fully saturated rings. The Bertz CT molecular complexity index is 788. The second-order valence-electron chi connectivity index (χ2n) is 4.54. The smallest absolute Gasteiger partial charge is 0.291 e. The lowest BCUT2D eigenvalue weighted by molar-refractivity contribution is 0.576. The Morgan fingerprint density at radius 3 is 2.05 bits per heavy atom. The Labute approximate surface area is 121 Å². The van der Waals surface area contributed by atoms with Gasteiger partial charge in [0.1, 0.15) is 11.6 Å². The summed E-state index contributed by atoms with van der Waals surface area (Å²) in [5.74, 6) is -1.84. The van der Waals surface area contributed by atoms with Gasteiger partial charge in [0.2, 0.25) is 0 Å². The molecule has 21 heavy (non-hydrogen) atoms. The van der Waals surface area contributed by atoms with Crippen molar-refractivity contribution in [3.05, 3.63) is 76.6 Å². The molecule has 1 unspecified atom stereocenters. The first-order valence-corrected chi connectivity index (χ1v) is 7.52. The maximum Gasteiger partial charge on any atom is 0.350 e. The number of rotatable bonds is 3. The third-order valence-corrected chi connectivity index (χ3v) is 4.83. The van der Waals surface area contributed by atoms with Gasteiger partial charge in [-0.25, -0.2) is 23.8 Å². The molecule has 1 atom stereocenters. The van der Waals surface area contributed by atoms with Crippen molar-refractivity contribution >= 4 is 9.84 Å². The third-order valence-electron chi connectivity index (χ3n) is 2.93. The van der Waals surface area contributed by atoms with E-state index in [4.69, 9.17) is 6.57 Å². The van der Waals surface area contributed by atoms with Gasteiger partial charge in [0.25, 0.3) is 9.84 Å². The Kier molecular flexibility index (Phi) is 4.05. The van der Waals surface area contributed by atoms with E-state index in [1.807, 2.05) is 0 Å². The predicted molar refractivity (Wildman–Crippen MR) is 74.1 cm³/mol. The summed E-state index contributed by atoms with van der Waals surface area (Å²) >= 11 is 0. The van der Waals surface area contributed by atoms with Crippen LogP contribution in [0, 0.1) is 25.1 Å². The minimum absolute atomic E-state index is 0.0567. The molecule has 0 aromatic heterocycles. The van der Waals surface area contributed by atoms with Crippen LogP contribution < -0.4 is 0 Å². The number of hydrogen-bond donors (Lipinski definition) is 0. The van der Waals surface area contributed by atoms with Crippen LogP contribution >= 0.6 is 0 Å². The molecule has 0 amide bonds.